The first-order valence-corrected chi connectivity index (χ1v) is 9.44. The maximum absolute atomic E-state index is 12.8. The van der Waals surface area contributed by atoms with Gasteiger partial charge in [0.15, 0.2) is 17.1 Å². The Labute approximate surface area is 177 Å². The first-order chi connectivity index (χ1) is 15.1. The van der Waals surface area contributed by atoms with Crippen LogP contribution in [0.2, 0.25) is 0 Å². The van der Waals surface area contributed by atoms with Crippen molar-refractivity contribution in [2.24, 2.45) is 0 Å². The summed E-state index contributed by atoms with van der Waals surface area (Å²) < 4.78 is 22.9. The molecule has 9 nitrogen and oxygen atoms in total. The molecule has 0 unspecified atom stereocenters. The summed E-state index contributed by atoms with van der Waals surface area (Å²) in [5, 5.41) is 7.23. The van der Waals surface area contributed by atoms with Gasteiger partial charge in [0.25, 0.3) is 5.91 Å². The number of hydrogen-bond donors (Lipinski definition) is 1. The van der Waals surface area contributed by atoms with Gasteiger partial charge in [-0.1, -0.05) is 0 Å². The summed E-state index contributed by atoms with van der Waals surface area (Å²) >= 11 is 0. The standard InChI is InChI=1S/C22H18N4O5/c1-28-17-5-3-13(16-11-26-20(23-16)7-8-21(25-26)29-2)9-15(17)24-22(27)14-4-6-18-19(10-14)31-12-30-18/h3-11H,12H2,1-2H3,(H,24,27). The third-order valence-corrected chi connectivity index (χ3v) is 4.88. The van der Waals surface area contributed by atoms with E-state index in [4.69, 9.17) is 18.9 Å². The van der Waals surface area contributed by atoms with E-state index >= 15 is 0 Å². The Hall–Kier alpha value is -4.27. The van der Waals surface area contributed by atoms with Crippen molar-refractivity contribution in [2.75, 3.05) is 26.3 Å². The molecule has 0 saturated carbocycles. The van der Waals surface area contributed by atoms with Crippen molar-refractivity contribution in [3.05, 3.63) is 60.3 Å². The smallest absolute Gasteiger partial charge is 0.255 e. The zero-order valence-corrected chi connectivity index (χ0v) is 16.8. The molecule has 156 valence electrons. The maximum Gasteiger partial charge on any atom is 0.255 e. The lowest BCUT2D eigenvalue weighted by Gasteiger charge is -2.12. The quantitative estimate of drug-likeness (QED) is 0.531. The molecule has 0 fully saturated rings. The molecule has 5 rings (SSSR count). The van der Waals surface area contributed by atoms with Crippen molar-refractivity contribution < 1.29 is 23.7 Å². The predicted octanol–water partition coefficient (Wildman–Crippen LogP) is 3.39. The van der Waals surface area contributed by atoms with E-state index in [1.807, 2.05) is 18.2 Å². The average Bonchev–Trinajstić information content (AvgIpc) is 3.44. The molecule has 0 aliphatic carbocycles. The number of aromatic nitrogens is 3. The Morgan fingerprint density at radius 1 is 1.03 bits per heavy atom. The SMILES string of the molecule is COc1ccc2nc(-c3ccc(OC)c(NC(=O)c4ccc5c(c4)OCO5)c3)cn2n1. The second-order valence-corrected chi connectivity index (χ2v) is 6.74. The molecule has 3 heterocycles. The first kappa shape index (κ1) is 18.7. The molecule has 1 amide bonds. The zero-order chi connectivity index (χ0) is 21.4. The normalized spacial score (nSPS) is 12.1. The number of carbonyl (C=O) groups excluding carboxylic acids is 1. The molecule has 0 spiro atoms. The second kappa shape index (κ2) is 7.52. The van der Waals surface area contributed by atoms with Crippen molar-refractivity contribution in [2.45, 2.75) is 0 Å². The van der Waals surface area contributed by atoms with Gasteiger partial charge in [-0.15, -0.1) is 5.10 Å². The second-order valence-electron chi connectivity index (χ2n) is 6.74. The maximum atomic E-state index is 12.8. The minimum absolute atomic E-state index is 0.149. The molecule has 4 aromatic rings. The van der Waals surface area contributed by atoms with Crippen LogP contribution in [0.5, 0.6) is 23.1 Å². The Balaban J connectivity index is 1.46. The number of fused-ring (bicyclic) bond motifs is 2. The largest absolute Gasteiger partial charge is 0.495 e. The molecule has 0 radical (unpaired) electrons. The number of ether oxygens (including phenoxy) is 4. The molecule has 2 aromatic carbocycles. The fourth-order valence-electron chi connectivity index (χ4n) is 3.31. The monoisotopic (exact) mass is 418 g/mol. The fourth-order valence-corrected chi connectivity index (χ4v) is 3.31. The predicted molar refractivity (Wildman–Crippen MR) is 112 cm³/mol. The van der Waals surface area contributed by atoms with E-state index in [0.29, 0.717) is 45.7 Å². The van der Waals surface area contributed by atoms with Gasteiger partial charge < -0.3 is 24.3 Å². The number of benzene rings is 2. The lowest BCUT2D eigenvalue weighted by atomic mass is 10.1. The highest BCUT2D eigenvalue weighted by molar-refractivity contribution is 6.05. The van der Waals surface area contributed by atoms with E-state index < -0.39 is 0 Å². The minimum Gasteiger partial charge on any atom is -0.495 e. The van der Waals surface area contributed by atoms with Gasteiger partial charge in [0.2, 0.25) is 12.7 Å². The number of nitrogens with one attached hydrogen (secondary N) is 1. The van der Waals surface area contributed by atoms with Crippen LogP contribution in [0.15, 0.2) is 54.7 Å². The van der Waals surface area contributed by atoms with E-state index in [2.05, 4.69) is 15.4 Å². The minimum atomic E-state index is -0.296. The van der Waals surface area contributed by atoms with Crippen molar-refractivity contribution in [3.63, 3.8) is 0 Å². The first-order valence-electron chi connectivity index (χ1n) is 9.44. The van der Waals surface area contributed by atoms with Crippen LogP contribution in [0, 0.1) is 0 Å². The number of rotatable bonds is 5. The fraction of sp³-hybridized carbons (Fsp3) is 0.136. The van der Waals surface area contributed by atoms with Crippen molar-refractivity contribution in [1.82, 2.24) is 14.6 Å². The highest BCUT2D eigenvalue weighted by Gasteiger charge is 2.18. The zero-order valence-electron chi connectivity index (χ0n) is 16.8. The summed E-state index contributed by atoms with van der Waals surface area (Å²) in [4.78, 5) is 17.4. The van der Waals surface area contributed by atoms with E-state index in [9.17, 15) is 4.79 Å². The van der Waals surface area contributed by atoms with Gasteiger partial charge in [0, 0.05) is 17.2 Å². The molecule has 2 aromatic heterocycles. The van der Waals surface area contributed by atoms with Crippen molar-refractivity contribution in [3.8, 4) is 34.4 Å². The number of carbonyl (C=O) groups is 1. The summed E-state index contributed by atoms with van der Waals surface area (Å²) in [5.41, 5.74) is 3.14. The third kappa shape index (κ3) is 3.46. The highest BCUT2D eigenvalue weighted by atomic mass is 16.7. The molecular weight excluding hydrogens is 400 g/mol. The molecule has 0 atom stereocenters. The van der Waals surface area contributed by atoms with E-state index in [0.717, 1.165) is 5.56 Å². The molecule has 1 aliphatic heterocycles. The lowest BCUT2D eigenvalue weighted by molar-refractivity contribution is 0.102. The van der Waals surface area contributed by atoms with Crippen LogP contribution in [-0.2, 0) is 0 Å². The number of imidazole rings is 1. The Morgan fingerprint density at radius 3 is 2.74 bits per heavy atom. The van der Waals surface area contributed by atoms with Crippen LogP contribution in [-0.4, -0.2) is 41.5 Å². The topological polar surface area (TPSA) is 96.2 Å². The Bertz CT molecular complexity index is 1300. The number of methoxy groups -OCH3 is 2. The number of anilines is 1. The highest BCUT2D eigenvalue weighted by Crippen LogP contribution is 2.34. The van der Waals surface area contributed by atoms with Crippen LogP contribution in [0.4, 0.5) is 5.69 Å². The lowest BCUT2D eigenvalue weighted by Crippen LogP contribution is -2.12. The number of amides is 1. The van der Waals surface area contributed by atoms with Gasteiger partial charge in [0.05, 0.1) is 31.8 Å². The van der Waals surface area contributed by atoms with Gasteiger partial charge in [-0.25, -0.2) is 9.50 Å². The van der Waals surface area contributed by atoms with Crippen LogP contribution < -0.4 is 24.3 Å². The summed E-state index contributed by atoms with van der Waals surface area (Å²) in [6, 6.07) is 14.1. The summed E-state index contributed by atoms with van der Waals surface area (Å²) in [6.07, 6.45) is 1.79. The van der Waals surface area contributed by atoms with Gasteiger partial charge >= 0.3 is 0 Å². The molecule has 1 aliphatic rings. The van der Waals surface area contributed by atoms with Crippen LogP contribution in [0.3, 0.4) is 0 Å². The van der Waals surface area contributed by atoms with Crippen LogP contribution in [0.1, 0.15) is 10.4 Å². The molecule has 31 heavy (non-hydrogen) atoms. The third-order valence-electron chi connectivity index (χ3n) is 4.88. The van der Waals surface area contributed by atoms with Gasteiger partial charge in [-0.3, -0.25) is 4.79 Å². The molecule has 9 heteroatoms. The van der Waals surface area contributed by atoms with Gasteiger partial charge in [-0.05, 0) is 42.5 Å². The summed E-state index contributed by atoms with van der Waals surface area (Å²) in [7, 11) is 3.11. The number of nitrogens with zero attached hydrogens (tertiary/aromatic N) is 3. The van der Waals surface area contributed by atoms with E-state index in [-0.39, 0.29) is 12.7 Å². The Kier molecular flexibility index (Phi) is 4.55. The van der Waals surface area contributed by atoms with E-state index in [1.165, 1.54) is 0 Å². The summed E-state index contributed by atoms with van der Waals surface area (Å²) in [6.45, 7) is 0.149. The summed E-state index contributed by atoms with van der Waals surface area (Å²) in [5.74, 6) is 1.88. The van der Waals surface area contributed by atoms with Crippen molar-refractivity contribution >= 4 is 17.2 Å². The van der Waals surface area contributed by atoms with Crippen molar-refractivity contribution in [1.29, 1.82) is 0 Å². The van der Waals surface area contributed by atoms with Gasteiger partial charge in [-0.2, -0.15) is 0 Å². The Morgan fingerprint density at radius 2 is 1.90 bits per heavy atom. The van der Waals surface area contributed by atoms with Crippen LogP contribution >= 0.6 is 0 Å². The van der Waals surface area contributed by atoms with Gasteiger partial charge in [0.1, 0.15) is 5.75 Å². The van der Waals surface area contributed by atoms with E-state index in [1.54, 1.807) is 55.3 Å². The molecular formula is C22H18N4O5. The molecule has 0 bridgehead atoms. The van der Waals surface area contributed by atoms with Crippen LogP contribution in [0.25, 0.3) is 16.9 Å². The molecule has 1 N–H and O–H groups in total. The molecule has 0 saturated heterocycles. The average molecular weight is 418 g/mol. The number of hydrogen-bond acceptors (Lipinski definition) is 7.